The van der Waals surface area contributed by atoms with Gasteiger partial charge in [-0.25, -0.2) is 8.42 Å². The van der Waals surface area contributed by atoms with Gasteiger partial charge in [0.15, 0.2) is 5.72 Å². The van der Waals surface area contributed by atoms with Crippen LogP contribution in [-0.2, 0) is 25.0 Å². The van der Waals surface area contributed by atoms with E-state index in [9.17, 15) is 13.2 Å². The summed E-state index contributed by atoms with van der Waals surface area (Å²) in [7, 11) is -3.65. The molecule has 136 valence electrons. The van der Waals surface area contributed by atoms with Crippen LogP contribution in [0, 0.1) is 0 Å². The Balaban J connectivity index is 1.67. The molecule has 25 heavy (non-hydrogen) atoms. The van der Waals surface area contributed by atoms with Crippen molar-refractivity contribution in [2.45, 2.75) is 55.7 Å². The van der Waals surface area contributed by atoms with Crippen LogP contribution in [0.4, 0.5) is 0 Å². The van der Waals surface area contributed by atoms with Crippen LogP contribution >= 0.6 is 0 Å². The van der Waals surface area contributed by atoms with Crippen LogP contribution in [0.15, 0.2) is 29.2 Å². The van der Waals surface area contributed by atoms with Gasteiger partial charge in [0.05, 0.1) is 17.5 Å². The average molecular weight is 364 g/mol. The lowest BCUT2D eigenvalue weighted by Gasteiger charge is -2.31. The maximum absolute atomic E-state index is 13.2. The Bertz CT molecular complexity index is 812. The van der Waals surface area contributed by atoms with E-state index < -0.39 is 21.8 Å². The minimum absolute atomic E-state index is 0.00881. The molecule has 3 fully saturated rings. The van der Waals surface area contributed by atoms with E-state index >= 15 is 0 Å². The number of amides is 1. The predicted octanol–water partition coefficient (Wildman–Crippen LogP) is 1.71. The summed E-state index contributed by atoms with van der Waals surface area (Å²) in [4.78, 5) is 14.3. The minimum Gasteiger partial charge on any atom is -0.352 e. The Labute approximate surface area is 148 Å². The molecule has 7 heteroatoms. The highest BCUT2D eigenvalue weighted by Gasteiger charge is 2.64. The Morgan fingerprint density at radius 1 is 1.16 bits per heavy atom. The Morgan fingerprint density at radius 2 is 1.84 bits per heavy atom. The molecule has 3 aliphatic heterocycles. The molecule has 3 aliphatic rings. The van der Waals surface area contributed by atoms with Gasteiger partial charge in [-0.05, 0) is 23.1 Å². The molecule has 0 N–H and O–H groups in total. The molecule has 3 saturated heterocycles. The van der Waals surface area contributed by atoms with Gasteiger partial charge in [-0.1, -0.05) is 32.9 Å². The lowest BCUT2D eigenvalue weighted by Crippen LogP contribution is -2.48. The molecule has 1 spiro atoms. The molecule has 0 bridgehead atoms. The van der Waals surface area contributed by atoms with Crippen LogP contribution in [-0.4, -0.2) is 55.0 Å². The SMILES string of the molecule is CC(C)(C)c1ccc(S(=O)(=O)N2CC[C@@]34OCCN3C(=O)C[C@@H]24)cc1. The Hall–Kier alpha value is -1.44. The first-order chi connectivity index (χ1) is 11.7. The van der Waals surface area contributed by atoms with E-state index in [4.69, 9.17) is 4.74 Å². The van der Waals surface area contributed by atoms with Crippen LogP contribution in [0.3, 0.4) is 0 Å². The second kappa shape index (κ2) is 5.28. The highest BCUT2D eigenvalue weighted by atomic mass is 32.2. The summed E-state index contributed by atoms with van der Waals surface area (Å²) in [5, 5.41) is 0. The molecule has 1 aromatic carbocycles. The highest BCUT2D eigenvalue weighted by molar-refractivity contribution is 7.89. The lowest BCUT2D eigenvalue weighted by atomic mass is 9.87. The maximum atomic E-state index is 13.2. The molecule has 0 saturated carbocycles. The number of rotatable bonds is 2. The minimum atomic E-state index is -3.65. The van der Waals surface area contributed by atoms with Gasteiger partial charge in [-0.3, -0.25) is 4.79 Å². The van der Waals surface area contributed by atoms with E-state index in [2.05, 4.69) is 20.8 Å². The number of carbonyl (C=O) groups excluding carboxylic acids is 1. The van der Waals surface area contributed by atoms with Crippen LogP contribution in [0.2, 0.25) is 0 Å². The quantitative estimate of drug-likeness (QED) is 0.801. The first kappa shape index (κ1) is 17.0. The van der Waals surface area contributed by atoms with Crippen molar-refractivity contribution in [1.82, 2.24) is 9.21 Å². The number of ether oxygens (including phenoxy) is 1. The summed E-state index contributed by atoms with van der Waals surface area (Å²) in [5.74, 6) is -0.00881. The molecule has 0 radical (unpaired) electrons. The van der Waals surface area contributed by atoms with Gasteiger partial charge in [0.2, 0.25) is 15.9 Å². The molecule has 2 atom stereocenters. The van der Waals surface area contributed by atoms with Gasteiger partial charge >= 0.3 is 0 Å². The zero-order valence-electron chi connectivity index (χ0n) is 14.9. The fraction of sp³-hybridized carbons (Fsp3) is 0.611. The van der Waals surface area contributed by atoms with Gasteiger partial charge in [0.1, 0.15) is 0 Å². The van der Waals surface area contributed by atoms with Crippen molar-refractivity contribution in [3.63, 3.8) is 0 Å². The first-order valence-corrected chi connectivity index (χ1v) is 10.2. The maximum Gasteiger partial charge on any atom is 0.243 e. The van der Waals surface area contributed by atoms with Crippen LogP contribution in [0.5, 0.6) is 0 Å². The topological polar surface area (TPSA) is 66.9 Å². The predicted molar refractivity (Wildman–Crippen MR) is 92.5 cm³/mol. The normalized spacial score (nSPS) is 30.0. The summed E-state index contributed by atoms with van der Waals surface area (Å²) < 4.78 is 33.7. The lowest BCUT2D eigenvalue weighted by molar-refractivity contribution is -0.136. The molecular formula is C18H24N2O4S. The summed E-state index contributed by atoms with van der Waals surface area (Å²) in [6, 6.07) is 6.67. The molecule has 6 nitrogen and oxygen atoms in total. The van der Waals surface area contributed by atoms with Gasteiger partial charge < -0.3 is 9.64 Å². The zero-order chi connectivity index (χ0) is 18.0. The Kier molecular flexibility index (Phi) is 3.59. The van der Waals surface area contributed by atoms with Crippen molar-refractivity contribution in [2.24, 2.45) is 0 Å². The van der Waals surface area contributed by atoms with Crippen molar-refractivity contribution in [1.29, 1.82) is 0 Å². The molecule has 1 amide bonds. The third-order valence-electron chi connectivity index (χ3n) is 5.68. The van der Waals surface area contributed by atoms with E-state index in [1.54, 1.807) is 17.0 Å². The summed E-state index contributed by atoms with van der Waals surface area (Å²) in [5.41, 5.74) is 0.316. The number of nitrogens with zero attached hydrogens (tertiary/aromatic N) is 2. The first-order valence-electron chi connectivity index (χ1n) is 8.73. The Morgan fingerprint density at radius 3 is 2.48 bits per heavy atom. The summed E-state index contributed by atoms with van der Waals surface area (Å²) >= 11 is 0. The number of carbonyl (C=O) groups is 1. The van der Waals surface area contributed by atoms with E-state index in [1.165, 1.54) is 4.31 Å². The van der Waals surface area contributed by atoms with E-state index in [0.29, 0.717) is 26.1 Å². The third-order valence-corrected chi connectivity index (χ3v) is 7.60. The smallest absolute Gasteiger partial charge is 0.243 e. The van der Waals surface area contributed by atoms with Crippen LogP contribution in [0.25, 0.3) is 0 Å². The molecule has 1 aromatic rings. The number of hydrogen-bond acceptors (Lipinski definition) is 4. The average Bonchev–Trinajstić information content (AvgIpc) is 3.18. The summed E-state index contributed by atoms with van der Waals surface area (Å²) in [6.45, 7) is 7.71. The van der Waals surface area contributed by atoms with Gasteiger partial charge in [0.25, 0.3) is 0 Å². The monoisotopic (exact) mass is 364 g/mol. The van der Waals surface area contributed by atoms with Gasteiger partial charge in [0, 0.05) is 25.9 Å². The number of hydrogen-bond donors (Lipinski definition) is 0. The van der Waals surface area contributed by atoms with Crippen molar-refractivity contribution in [3.8, 4) is 0 Å². The van der Waals surface area contributed by atoms with Crippen LogP contribution < -0.4 is 0 Å². The van der Waals surface area contributed by atoms with E-state index in [0.717, 1.165) is 5.56 Å². The highest BCUT2D eigenvalue weighted by Crippen LogP contribution is 2.47. The molecule has 0 aromatic heterocycles. The fourth-order valence-electron chi connectivity index (χ4n) is 4.30. The largest absolute Gasteiger partial charge is 0.352 e. The standard InChI is InChI=1S/C18H24N2O4S/c1-17(2,3)13-4-6-14(7-5-13)25(22,23)20-9-8-18-15(20)12-16(21)19(18)10-11-24-18/h4-7,15H,8-12H2,1-3H3/t15-,18+/m1/s1. The molecule has 0 unspecified atom stereocenters. The molecule has 0 aliphatic carbocycles. The molecule has 3 heterocycles. The molecule has 4 rings (SSSR count). The van der Waals surface area contributed by atoms with Crippen molar-refractivity contribution in [3.05, 3.63) is 29.8 Å². The van der Waals surface area contributed by atoms with Gasteiger partial charge in [-0.15, -0.1) is 0 Å². The van der Waals surface area contributed by atoms with Gasteiger partial charge in [-0.2, -0.15) is 4.31 Å². The van der Waals surface area contributed by atoms with Crippen molar-refractivity contribution in [2.75, 3.05) is 19.7 Å². The van der Waals surface area contributed by atoms with E-state index in [1.807, 2.05) is 12.1 Å². The van der Waals surface area contributed by atoms with Crippen molar-refractivity contribution >= 4 is 15.9 Å². The summed E-state index contributed by atoms with van der Waals surface area (Å²) in [6.07, 6.45) is 0.752. The fourth-order valence-corrected chi connectivity index (χ4v) is 5.96. The second-order valence-electron chi connectivity index (χ2n) is 8.10. The number of sulfonamides is 1. The van der Waals surface area contributed by atoms with E-state index in [-0.39, 0.29) is 22.6 Å². The molecular weight excluding hydrogens is 340 g/mol. The number of benzene rings is 1. The third kappa shape index (κ3) is 2.36. The zero-order valence-corrected chi connectivity index (χ0v) is 15.7. The van der Waals surface area contributed by atoms with Crippen LogP contribution in [0.1, 0.15) is 39.2 Å². The van der Waals surface area contributed by atoms with Crippen molar-refractivity contribution < 1.29 is 17.9 Å². The second-order valence-corrected chi connectivity index (χ2v) is 9.99.